The summed E-state index contributed by atoms with van der Waals surface area (Å²) < 4.78 is 64.5. The summed E-state index contributed by atoms with van der Waals surface area (Å²) in [7, 11) is 0. The SMILES string of the molecule is Cc1ccc(N2CCN(C(=O)c3ccc4sc(N)nc4c3)CC2)cc1.O=C(O)C(F)(F)F.O=C(O)C(F)(F)F. The van der Waals surface area contributed by atoms with Gasteiger partial charge in [0.2, 0.25) is 0 Å². The van der Waals surface area contributed by atoms with Gasteiger partial charge in [0.25, 0.3) is 5.91 Å². The van der Waals surface area contributed by atoms with E-state index in [0.717, 1.165) is 36.4 Å². The number of hydrogen-bond acceptors (Lipinski definition) is 7. The number of anilines is 2. The highest BCUT2D eigenvalue weighted by Gasteiger charge is 2.38. The van der Waals surface area contributed by atoms with Gasteiger partial charge in [0.1, 0.15) is 0 Å². The number of aliphatic carboxylic acids is 2. The number of piperazine rings is 1. The molecule has 4 rings (SSSR count). The second-order valence-corrected chi connectivity index (χ2v) is 9.02. The summed E-state index contributed by atoms with van der Waals surface area (Å²) in [5, 5.41) is 14.8. The average Bonchev–Trinajstić information content (AvgIpc) is 3.23. The zero-order valence-electron chi connectivity index (χ0n) is 20.1. The van der Waals surface area contributed by atoms with Crippen molar-refractivity contribution in [3.63, 3.8) is 0 Å². The Balaban J connectivity index is 0.000000317. The largest absolute Gasteiger partial charge is 0.490 e. The van der Waals surface area contributed by atoms with Gasteiger partial charge < -0.3 is 25.7 Å². The molecule has 2 aromatic carbocycles. The van der Waals surface area contributed by atoms with E-state index in [9.17, 15) is 31.1 Å². The van der Waals surface area contributed by atoms with Crippen molar-refractivity contribution >= 4 is 50.2 Å². The number of carbonyl (C=O) groups is 3. The van der Waals surface area contributed by atoms with Crippen molar-refractivity contribution in [1.29, 1.82) is 0 Å². The number of carbonyl (C=O) groups excluding carboxylic acids is 1. The van der Waals surface area contributed by atoms with E-state index in [4.69, 9.17) is 25.5 Å². The monoisotopic (exact) mass is 580 g/mol. The Hall–Kier alpha value is -4.08. The van der Waals surface area contributed by atoms with Gasteiger partial charge in [-0.1, -0.05) is 29.0 Å². The van der Waals surface area contributed by atoms with E-state index in [1.54, 1.807) is 0 Å². The summed E-state index contributed by atoms with van der Waals surface area (Å²) in [5.74, 6) is -5.45. The Morgan fingerprint density at radius 1 is 0.872 bits per heavy atom. The first-order chi connectivity index (χ1) is 18.0. The van der Waals surface area contributed by atoms with Crippen LogP contribution in [0.2, 0.25) is 0 Å². The van der Waals surface area contributed by atoms with Crippen LogP contribution in [0, 0.1) is 6.92 Å². The van der Waals surface area contributed by atoms with Crippen molar-refractivity contribution in [2.45, 2.75) is 19.3 Å². The summed E-state index contributed by atoms with van der Waals surface area (Å²) in [5.41, 5.74) is 9.71. The molecule has 212 valence electrons. The number of thiazole rings is 1. The number of hydrogen-bond donors (Lipinski definition) is 3. The molecule has 39 heavy (non-hydrogen) atoms. The van der Waals surface area contributed by atoms with Gasteiger partial charge in [-0.15, -0.1) is 0 Å². The fourth-order valence-electron chi connectivity index (χ4n) is 3.18. The van der Waals surface area contributed by atoms with Crippen molar-refractivity contribution in [1.82, 2.24) is 9.88 Å². The molecule has 4 N–H and O–H groups in total. The molecule has 0 bridgehead atoms. The minimum absolute atomic E-state index is 0.0667. The smallest absolute Gasteiger partial charge is 0.475 e. The normalized spacial score (nSPS) is 13.6. The highest BCUT2D eigenvalue weighted by atomic mass is 32.1. The highest BCUT2D eigenvalue weighted by Crippen LogP contribution is 2.25. The predicted octanol–water partition coefficient (Wildman–Crippen LogP) is 4.42. The third-order valence-corrected chi connectivity index (χ3v) is 5.97. The molecule has 0 atom stereocenters. The molecule has 0 radical (unpaired) electrons. The lowest BCUT2D eigenvalue weighted by Crippen LogP contribution is -2.48. The van der Waals surface area contributed by atoms with Gasteiger partial charge in [0, 0.05) is 37.4 Å². The van der Waals surface area contributed by atoms with Crippen LogP contribution in [0.5, 0.6) is 0 Å². The van der Waals surface area contributed by atoms with E-state index < -0.39 is 24.3 Å². The molecule has 0 saturated carbocycles. The van der Waals surface area contributed by atoms with E-state index in [1.807, 2.05) is 23.1 Å². The van der Waals surface area contributed by atoms with E-state index in [2.05, 4.69) is 41.1 Å². The second-order valence-electron chi connectivity index (χ2n) is 7.96. The molecule has 1 amide bonds. The molecule has 1 aliphatic rings. The maximum atomic E-state index is 12.8. The molecule has 1 fully saturated rings. The quantitative estimate of drug-likeness (QED) is 0.379. The topological polar surface area (TPSA) is 137 Å². The van der Waals surface area contributed by atoms with Crippen LogP contribution in [-0.2, 0) is 9.59 Å². The molecule has 2 heterocycles. The predicted molar refractivity (Wildman–Crippen MR) is 131 cm³/mol. The number of carboxylic acid groups (broad SMARTS) is 2. The summed E-state index contributed by atoms with van der Waals surface area (Å²) in [4.78, 5) is 39.1. The second kappa shape index (κ2) is 12.6. The molecule has 0 spiro atoms. The van der Waals surface area contributed by atoms with Gasteiger partial charge >= 0.3 is 24.3 Å². The number of aromatic nitrogens is 1. The van der Waals surface area contributed by atoms with E-state index in [1.165, 1.54) is 22.6 Å². The minimum atomic E-state index is -5.08. The van der Waals surface area contributed by atoms with Crippen molar-refractivity contribution in [3.05, 3.63) is 53.6 Å². The number of benzene rings is 2. The van der Waals surface area contributed by atoms with Gasteiger partial charge in [-0.2, -0.15) is 26.3 Å². The zero-order chi connectivity index (χ0) is 29.5. The van der Waals surface area contributed by atoms with Crippen LogP contribution in [0.4, 0.5) is 37.2 Å². The molecular formula is C23H22F6N4O5S. The van der Waals surface area contributed by atoms with Gasteiger partial charge in [-0.3, -0.25) is 4.79 Å². The summed E-state index contributed by atoms with van der Waals surface area (Å²) >= 11 is 1.44. The van der Waals surface area contributed by atoms with Gasteiger partial charge in [-0.25, -0.2) is 14.6 Å². The lowest BCUT2D eigenvalue weighted by Gasteiger charge is -2.36. The lowest BCUT2D eigenvalue weighted by atomic mass is 10.1. The molecule has 9 nitrogen and oxygen atoms in total. The van der Waals surface area contributed by atoms with E-state index in [0.29, 0.717) is 10.7 Å². The van der Waals surface area contributed by atoms with Gasteiger partial charge in [0.05, 0.1) is 10.2 Å². The number of alkyl halides is 6. The van der Waals surface area contributed by atoms with Crippen molar-refractivity contribution in [2.75, 3.05) is 36.8 Å². The van der Waals surface area contributed by atoms with Crippen LogP contribution in [-0.4, -0.2) is 76.5 Å². The Morgan fingerprint density at radius 2 is 1.36 bits per heavy atom. The van der Waals surface area contributed by atoms with Crippen LogP contribution in [0.15, 0.2) is 42.5 Å². The summed E-state index contributed by atoms with van der Waals surface area (Å²) in [6.07, 6.45) is -10.2. The summed E-state index contributed by atoms with van der Waals surface area (Å²) in [6, 6.07) is 14.2. The van der Waals surface area contributed by atoms with Gasteiger partial charge in [-0.05, 0) is 37.3 Å². The molecule has 1 aliphatic heterocycles. The van der Waals surface area contributed by atoms with Crippen molar-refractivity contribution < 1.29 is 50.9 Å². The van der Waals surface area contributed by atoms with Gasteiger partial charge in [0.15, 0.2) is 5.13 Å². The Morgan fingerprint density at radius 3 is 1.82 bits per heavy atom. The molecular weight excluding hydrogens is 558 g/mol. The number of carboxylic acids is 2. The molecule has 16 heteroatoms. The number of nitrogens with two attached hydrogens (primary N) is 1. The maximum absolute atomic E-state index is 12.8. The first-order valence-electron chi connectivity index (χ1n) is 10.9. The standard InChI is InChI=1S/C19H20N4OS.2C2HF3O2/c1-13-2-5-15(6-3-13)22-8-10-23(11-9-22)18(24)14-4-7-17-16(12-14)21-19(20)25-17;2*3-2(4,5)1(6)7/h2-7,12H,8-11H2,1H3,(H2,20,21);2*(H,6,7). The Bertz CT molecular complexity index is 1280. The third-order valence-electron chi connectivity index (χ3n) is 5.10. The van der Waals surface area contributed by atoms with Crippen molar-refractivity contribution in [3.8, 4) is 0 Å². The van der Waals surface area contributed by atoms with Crippen LogP contribution in [0.3, 0.4) is 0 Å². The summed E-state index contributed by atoms with van der Waals surface area (Å²) in [6.45, 7) is 5.24. The molecule has 1 aromatic heterocycles. The number of nitrogens with zero attached hydrogens (tertiary/aromatic N) is 3. The fraction of sp³-hybridized carbons (Fsp3) is 0.304. The van der Waals surface area contributed by atoms with Crippen LogP contribution in [0.1, 0.15) is 15.9 Å². The average molecular weight is 581 g/mol. The first-order valence-corrected chi connectivity index (χ1v) is 11.7. The molecule has 3 aromatic rings. The Labute approximate surface area is 221 Å². The first kappa shape index (κ1) is 31.1. The number of rotatable bonds is 2. The number of fused-ring (bicyclic) bond motifs is 1. The maximum Gasteiger partial charge on any atom is 0.490 e. The van der Waals surface area contributed by atoms with E-state index >= 15 is 0 Å². The zero-order valence-corrected chi connectivity index (χ0v) is 20.9. The number of nitrogen functional groups attached to an aromatic ring is 1. The molecule has 0 unspecified atom stereocenters. The number of halogens is 6. The lowest BCUT2D eigenvalue weighted by molar-refractivity contribution is -0.193. The highest BCUT2D eigenvalue weighted by molar-refractivity contribution is 7.22. The fourth-order valence-corrected chi connectivity index (χ4v) is 3.90. The molecule has 1 saturated heterocycles. The van der Waals surface area contributed by atoms with Crippen LogP contribution in [0.25, 0.3) is 10.2 Å². The van der Waals surface area contributed by atoms with E-state index in [-0.39, 0.29) is 5.91 Å². The number of aryl methyl sites for hydroxylation is 1. The van der Waals surface area contributed by atoms with Crippen LogP contribution < -0.4 is 10.6 Å². The number of amides is 1. The van der Waals surface area contributed by atoms with Crippen LogP contribution >= 0.6 is 11.3 Å². The van der Waals surface area contributed by atoms with Crippen molar-refractivity contribution in [2.24, 2.45) is 0 Å². The Kier molecular flexibility index (Phi) is 10.1. The third kappa shape index (κ3) is 9.31. The molecule has 0 aliphatic carbocycles. The minimum Gasteiger partial charge on any atom is -0.475 e.